The molecule has 30 heavy (non-hydrogen) atoms. The van der Waals surface area contributed by atoms with Gasteiger partial charge in [-0.1, -0.05) is 18.9 Å². The van der Waals surface area contributed by atoms with E-state index in [2.05, 4.69) is 40.5 Å². The fraction of sp³-hybridized carbons (Fsp3) is 0.458. The van der Waals surface area contributed by atoms with Gasteiger partial charge in [-0.15, -0.1) is 17.9 Å². The predicted octanol–water partition coefficient (Wildman–Crippen LogP) is 6.16. The maximum Gasteiger partial charge on any atom is 0.268 e. The van der Waals surface area contributed by atoms with Crippen molar-refractivity contribution in [1.82, 2.24) is 4.90 Å². The smallest absolute Gasteiger partial charge is 0.268 e. The van der Waals surface area contributed by atoms with Gasteiger partial charge in [0.2, 0.25) is 0 Å². The van der Waals surface area contributed by atoms with Gasteiger partial charge >= 0.3 is 0 Å². The predicted molar refractivity (Wildman–Crippen MR) is 130 cm³/mol. The molecule has 0 fully saturated rings. The van der Waals surface area contributed by atoms with Crippen molar-refractivity contribution in [2.45, 2.75) is 38.5 Å². The Morgan fingerprint density at radius 2 is 2.10 bits per heavy atom. The molecule has 4 nitrogen and oxygen atoms in total. The molecule has 2 aromatic rings. The van der Waals surface area contributed by atoms with Crippen LogP contribution in [0.15, 0.2) is 46.8 Å². The number of rotatable bonds is 11. The molecular weight excluding hydrogens is 460 g/mol. The zero-order valence-electron chi connectivity index (χ0n) is 17.7. The summed E-state index contributed by atoms with van der Waals surface area (Å²) >= 11 is 4.93. The number of carbonyl (C=O) groups is 1. The summed E-state index contributed by atoms with van der Waals surface area (Å²) in [6.07, 6.45) is 8.62. The van der Waals surface area contributed by atoms with E-state index >= 15 is 0 Å². The molecule has 3 rings (SSSR count). The van der Waals surface area contributed by atoms with Crippen molar-refractivity contribution in [3.63, 3.8) is 0 Å². The second-order valence-electron chi connectivity index (χ2n) is 7.77. The van der Waals surface area contributed by atoms with Crippen LogP contribution in [0, 0.1) is 0 Å². The maximum absolute atomic E-state index is 12.9. The van der Waals surface area contributed by atoms with E-state index < -0.39 is 0 Å². The van der Waals surface area contributed by atoms with Crippen molar-refractivity contribution in [1.29, 1.82) is 0 Å². The molecule has 2 heterocycles. The molecule has 1 aliphatic rings. The van der Waals surface area contributed by atoms with Gasteiger partial charge in [-0.3, -0.25) is 4.79 Å². The number of fused-ring (bicyclic) bond motifs is 1. The van der Waals surface area contributed by atoms with Crippen molar-refractivity contribution in [3.8, 4) is 5.75 Å². The van der Waals surface area contributed by atoms with Gasteiger partial charge in [0.25, 0.3) is 5.91 Å². The van der Waals surface area contributed by atoms with E-state index in [1.807, 2.05) is 35.2 Å². The molecule has 1 amide bonds. The highest BCUT2D eigenvalue weighted by Crippen LogP contribution is 2.33. The summed E-state index contributed by atoms with van der Waals surface area (Å²) in [6, 6.07) is 9.97. The summed E-state index contributed by atoms with van der Waals surface area (Å²) < 4.78 is 6.97. The lowest BCUT2D eigenvalue weighted by molar-refractivity contribution is 0.0989. The van der Waals surface area contributed by atoms with Gasteiger partial charge in [-0.2, -0.15) is 0 Å². The first kappa shape index (κ1) is 23.0. The zero-order chi connectivity index (χ0) is 21.3. The van der Waals surface area contributed by atoms with Crippen molar-refractivity contribution >= 4 is 38.9 Å². The first-order chi connectivity index (χ1) is 14.6. The summed E-state index contributed by atoms with van der Waals surface area (Å²) in [5, 5.41) is 0. The van der Waals surface area contributed by atoms with E-state index in [1.54, 1.807) is 0 Å². The van der Waals surface area contributed by atoms with Crippen LogP contribution in [0.25, 0.3) is 0 Å². The van der Waals surface area contributed by atoms with Crippen LogP contribution in [-0.2, 0) is 6.42 Å². The minimum atomic E-state index is 0.0825. The number of likely N-dealkylation sites (N-methyl/N-ethyl adjacent to an activating group) is 1. The fourth-order valence-corrected chi connectivity index (χ4v) is 5.11. The number of nitrogens with zero attached hydrogens (tertiary/aromatic N) is 2. The van der Waals surface area contributed by atoms with Crippen LogP contribution in [0.3, 0.4) is 0 Å². The monoisotopic (exact) mass is 490 g/mol. The number of unbranched alkanes of at least 4 members (excludes halogenated alkanes) is 3. The Labute approximate surface area is 192 Å². The Hall–Kier alpha value is -1.63. The van der Waals surface area contributed by atoms with E-state index in [0.717, 1.165) is 65.6 Å². The number of aryl methyl sites for hydroxylation is 1. The number of amides is 1. The van der Waals surface area contributed by atoms with Crippen LogP contribution in [0.1, 0.15) is 47.3 Å². The van der Waals surface area contributed by atoms with E-state index in [1.165, 1.54) is 36.2 Å². The van der Waals surface area contributed by atoms with Crippen LogP contribution in [0.2, 0.25) is 0 Å². The lowest BCUT2D eigenvalue weighted by Crippen LogP contribution is -2.35. The van der Waals surface area contributed by atoms with Crippen LogP contribution in [-0.4, -0.2) is 44.1 Å². The summed E-state index contributed by atoms with van der Waals surface area (Å²) in [7, 11) is 2.13. The third kappa shape index (κ3) is 6.43. The second-order valence-corrected chi connectivity index (χ2v) is 10.2. The number of thiophene rings is 1. The molecule has 6 heteroatoms. The highest BCUT2D eigenvalue weighted by atomic mass is 79.9. The van der Waals surface area contributed by atoms with Crippen molar-refractivity contribution < 1.29 is 9.53 Å². The Morgan fingerprint density at radius 1 is 1.27 bits per heavy atom. The largest absolute Gasteiger partial charge is 0.494 e. The van der Waals surface area contributed by atoms with Gasteiger partial charge in [-0.05, 0) is 91.1 Å². The lowest BCUT2D eigenvalue weighted by Gasteiger charge is -2.29. The molecular formula is C24H31BrN2O2S. The van der Waals surface area contributed by atoms with Gasteiger partial charge in [0, 0.05) is 18.8 Å². The van der Waals surface area contributed by atoms with Gasteiger partial charge in [0.05, 0.1) is 15.3 Å². The number of ether oxygens (including phenoxy) is 1. The number of benzene rings is 1. The molecule has 0 saturated heterocycles. The van der Waals surface area contributed by atoms with Gasteiger partial charge in [0.1, 0.15) is 5.75 Å². The Kier molecular flexibility index (Phi) is 8.97. The molecule has 1 aromatic heterocycles. The molecule has 0 spiro atoms. The highest BCUT2D eigenvalue weighted by Gasteiger charge is 2.25. The number of anilines is 1. The van der Waals surface area contributed by atoms with E-state index in [0.29, 0.717) is 0 Å². The third-order valence-electron chi connectivity index (χ3n) is 5.34. The highest BCUT2D eigenvalue weighted by molar-refractivity contribution is 9.11. The number of carbonyl (C=O) groups excluding carboxylic acids is 1. The standard InChI is InChI=1S/C24H31BrN2O2S/c1-3-14-26(2)15-6-4-5-7-17-29-20-10-11-21-19(18-20)9-8-16-27(21)24(28)22-12-13-23(25)30-22/h3,10-13,18H,1,4-9,14-17H2,2H3. The Balaban J connectivity index is 1.46. The maximum atomic E-state index is 12.9. The van der Waals surface area contributed by atoms with Gasteiger partial charge in [-0.25, -0.2) is 0 Å². The minimum Gasteiger partial charge on any atom is -0.494 e. The quantitative estimate of drug-likeness (QED) is 0.279. The summed E-state index contributed by atoms with van der Waals surface area (Å²) in [5.74, 6) is 0.992. The van der Waals surface area contributed by atoms with E-state index in [-0.39, 0.29) is 5.91 Å². The fourth-order valence-electron chi connectivity index (χ4n) is 3.78. The SMILES string of the molecule is C=CCN(C)CCCCCCOc1ccc2c(c1)CCCN2C(=O)c1ccc(Br)s1. The van der Waals surface area contributed by atoms with E-state index in [9.17, 15) is 4.79 Å². The molecule has 0 unspecified atom stereocenters. The van der Waals surface area contributed by atoms with Crippen molar-refractivity contribution in [2.75, 3.05) is 38.2 Å². The van der Waals surface area contributed by atoms with Crippen molar-refractivity contribution in [3.05, 3.63) is 57.2 Å². The molecule has 162 valence electrons. The second kappa shape index (κ2) is 11.7. The van der Waals surface area contributed by atoms with Crippen LogP contribution in [0.4, 0.5) is 5.69 Å². The lowest BCUT2D eigenvalue weighted by atomic mass is 10.0. The number of hydrogen-bond acceptors (Lipinski definition) is 4. The normalized spacial score (nSPS) is 13.4. The number of hydrogen-bond donors (Lipinski definition) is 0. The van der Waals surface area contributed by atoms with Gasteiger partial charge in [0.15, 0.2) is 0 Å². The molecule has 0 N–H and O–H groups in total. The molecule has 0 bridgehead atoms. The van der Waals surface area contributed by atoms with Crippen LogP contribution < -0.4 is 9.64 Å². The summed E-state index contributed by atoms with van der Waals surface area (Å²) in [4.78, 5) is 17.9. The Morgan fingerprint density at radius 3 is 2.87 bits per heavy atom. The Bertz CT molecular complexity index is 851. The topological polar surface area (TPSA) is 32.8 Å². The summed E-state index contributed by atoms with van der Waals surface area (Å²) in [6.45, 7) is 7.36. The number of halogens is 1. The molecule has 0 aliphatic carbocycles. The van der Waals surface area contributed by atoms with Crippen LogP contribution >= 0.6 is 27.3 Å². The first-order valence-electron chi connectivity index (χ1n) is 10.7. The summed E-state index contributed by atoms with van der Waals surface area (Å²) in [5.41, 5.74) is 2.22. The van der Waals surface area contributed by atoms with E-state index in [4.69, 9.17) is 4.74 Å². The average molecular weight is 491 g/mol. The molecule has 1 aromatic carbocycles. The zero-order valence-corrected chi connectivity index (χ0v) is 20.1. The first-order valence-corrected chi connectivity index (χ1v) is 12.3. The average Bonchev–Trinajstić information content (AvgIpc) is 3.18. The minimum absolute atomic E-state index is 0.0825. The van der Waals surface area contributed by atoms with Gasteiger partial charge < -0.3 is 14.5 Å². The molecule has 0 radical (unpaired) electrons. The van der Waals surface area contributed by atoms with Crippen molar-refractivity contribution in [2.24, 2.45) is 0 Å². The molecule has 0 saturated carbocycles. The molecule has 1 aliphatic heterocycles. The van der Waals surface area contributed by atoms with Crippen LogP contribution in [0.5, 0.6) is 5.75 Å². The molecule has 0 atom stereocenters. The third-order valence-corrected chi connectivity index (χ3v) is 6.95.